The van der Waals surface area contributed by atoms with Crippen LogP contribution >= 0.6 is 11.3 Å². The van der Waals surface area contributed by atoms with Gasteiger partial charge < -0.3 is 4.90 Å². The molecule has 2 heterocycles. The summed E-state index contributed by atoms with van der Waals surface area (Å²) in [4.78, 5) is 21.3. The number of nitrogens with one attached hydrogen (secondary N) is 1. The van der Waals surface area contributed by atoms with E-state index in [1.807, 2.05) is 17.9 Å². The van der Waals surface area contributed by atoms with E-state index >= 15 is 0 Å². The molecule has 3 rings (SSSR count). The van der Waals surface area contributed by atoms with Gasteiger partial charge in [0.2, 0.25) is 15.9 Å². The van der Waals surface area contributed by atoms with Crippen molar-refractivity contribution in [3.63, 3.8) is 0 Å². The van der Waals surface area contributed by atoms with Gasteiger partial charge in [-0.25, -0.2) is 13.4 Å². The van der Waals surface area contributed by atoms with Gasteiger partial charge in [-0.2, -0.15) is 0 Å². The number of hydrogen-bond donors (Lipinski definition) is 1. The number of aryl methyl sites for hydroxylation is 1. The number of piperazine rings is 1. The van der Waals surface area contributed by atoms with Crippen molar-refractivity contribution in [2.24, 2.45) is 0 Å². The van der Waals surface area contributed by atoms with E-state index in [0.717, 1.165) is 36.6 Å². The van der Waals surface area contributed by atoms with Crippen molar-refractivity contribution >= 4 is 33.0 Å². The highest BCUT2D eigenvalue weighted by Gasteiger charge is 2.22. The molecule has 1 saturated heterocycles. The average Bonchev–Trinajstić information content (AvgIpc) is 3.01. The fourth-order valence-electron chi connectivity index (χ4n) is 3.11. The average molecular weight is 409 g/mol. The topological polar surface area (TPSA) is 82.6 Å². The molecule has 146 valence electrons. The summed E-state index contributed by atoms with van der Waals surface area (Å²) in [6.07, 6.45) is 1.29. The van der Waals surface area contributed by atoms with Gasteiger partial charge in [0.15, 0.2) is 0 Å². The summed E-state index contributed by atoms with van der Waals surface area (Å²) < 4.78 is 25.5. The first kappa shape index (κ1) is 19.8. The normalized spacial score (nSPS) is 15.7. The van der Waals surface area contributed by atoms with Gasteiger partial charge in [0.25, 0.3) is 0 Å². The Morgan fingerprint density at radius 2 is 1.93 bits per heavy atom. The second-order valence-corrected chi connectivity index (χ2v) is 9.53. The van der Waals surface area contributed by atoms with Crippen LogP contribution in [-0.2, 0) is 27.8 Å². The van der Waals surface area contributed by atoms with Crippen LogP contribution < -0.4 is 4.72 Å². The zero-order valence-corrected chi connectivity index (χ0v) is 17.1. The largest absolute Gasteiger partial charge is 0.340 e. The number of para-hydroxylation sites is 1. The Morgan fingerprint density at radius 1 is 1.22 bits per heavy atom. The van der Waals surface area contributed by atoms with Crippen LogP contribution in [0.4, 0.5) is 5.69 Å². The number of carbonyl (C=O) groups excluding carboxylic acids is 1. The van der Waals surface area contributed by atoms with Gasteiger partial charge in [0, 0.05) is 38.1 Å². The van der Waals surface area contributed by atoms with Crippen LogP contribution in [0.5, 0.6) is 0 Å². The number of carbonyl (C=O) groups is 1. The molecule has 0 saturated carbocycles. The molecule has 1 aromatic heterocycles. The molecule has 0 spiro atoms. The second-order valence-electron chi connectivity index (χ2n) is 6.72. The third-order valence-electron chi connectivity index (χ3n) is 4.43. The van der Waals surface area contributed by atoms with Crippen molar-refractivity contribution in [3.8, 4) is 0 Å². The highest BCUT2D eigenvalue weighted by molar-refractivity contribution is 7.92. The molecule has 9 heteroatoms. The van der Waals surface area contributed by atoms with E-state index in [9.17, 15) is 13.2 Å². The molecule has 2 aromatic rings. The molecular formula is C18H24N4O3S2. The van der Waals surface area contributed by atoms with E-state index in [0.29, 0.717) is 24.3 Å². The van der Waals surface area contributed by atoms with Crippen molar-refractivity contribution in [2.75, 3.05) is 37.2 Å². The third-order valence-corrected chi connectivity index (χ3v) is 5.84. The molecule has 1 aromatic carbocycles. The maximum atomic E-state index is 12.7. The monoisotopic (exact) mass is 408 g/mol. The molecule has 1 aliphatic heterocycles. The maximum absolute atomic E-state index is 12.7. The quantitative estimate of drug-likeness (QED) is 0.787. The van der Waals surface area contributed by atoms with Gasteiger partial charge in [-0.1, -0.05) is 18.2 Å². The Balaban J connectivity index is 1.56. The molecule has 0 aliphatic carbocycles. The lowest BCUT2D eigenvalue weighted by molar-refractivity contribution is -0.132. The van der Waals surface area contributed by atoms with Gasteiger partial charge >= 0.3 is 0 Å². The number of hydrogen-bond acceptors (Lipinski definition) is 6. The maximum Gasteiger partial charge on any atom is 0.229 e. The highest BCUT2D eigenvalue weighted by Crippen LogP contribution is 2.18. The minimum atomic E-state index is -3.38. The van der Waals surface area contributed by atoms with Crippen LogP contribution in [0, 0.1) is 6.92 Å². The summed E-state index contributed by atoms with van der Waals surface area (Å²) >= 11 is 1.65. The lowest BCUT2D eigenvalue weighted by atomic mass is 10.1. The SMILES string of the molecule is Cc1nc(CN2CCN(C(=O)Cc3ccccc3NS(C)(=O)=O)CC2)cs1. The molecule has 1 aliphatic rings. The first-order valence-electron chi connectivity index (χ1n) is 8.77. The van der Waals surface area contributed by atoms with Crippen molar-refractivity contribution in [2.45, 2.75) is 19.9 Å². The molecule has 0 unspecified atom stereocenters. The number of nitrogens with zero attached hydrogens (tertiary/aromatic N) is 3. The fourth-order valence-corrected chi connectivity index (χ4v) is 4.32. The number of anilines is 1. The fraction of sp³-hybridized carbons (Fsp3) is 0.444. The Kier molecular flexibility index (Phi) is 6.13. The van der Waals surface area contributed by atoms with Crippen LogP contribution in [0.3, 0.4) is 0 Å². The van der Waals surface area contributed by atoms with E-state index in [4.69, 9.17) is 0 Å². The molecular weight excluding hydrogens is 384 g/mol. The van der Waals surface area contributed by atoms with Gasteiger partial charge in [0.1, 0.15) is 0 Å². The number of benzene rings is 1. The molecule has 0 radical (unpaired) electrons. The minimum absolute atomic E-state index is 0.0157. The number of sulfonamides is 1. The summed E-state index contributed by atoms with van der Waals surface area (Å²) in [6.45, 7) is 5.78. The standard InChI is InChI=1S/C18H24N4O3S2/c1-14-19-16(13-26-14)12-21-7-9-22(10-8-21)18(23)11-15-5-3-4-6-17(15)20-27(2,24)25/h3-6,13,20H,7-12H2,1-2H3. The van der Waals surface area contributed by atoms with Crippen LogP contribution in [0.1, 0.15) is 16.3 Å². The molecule has 27 heavy (non-hydrogen) atoms. The van der Waals surface area contributed by atoms with Gasteiger partial charge in [-0.05, 0) is 18.6 Å². The van der Waals surface area contributed by atoms with Crippen LogP contribution in [0.15, 0.2) is 29.6 Å². The summed E-state index contributed by atoms with van der Waals surface area (Å²) in [6, 6.07) is 7.02. The summed E-state index contributed by atoms with van der Waals surface area (Å²) in [7, 11) is -3.38. The van der Waals surface area contributed by atoms with Crippen molar-refractivity contribution < 1.29 is 13.2 Å². The zero-order chi connectivity index (χ0) is 19.4. The van der Waals surface area contributed by atoms with Crippen molar-refractivity contribution in [1.82, 2.24) is 14.8 Å². The van der Waals surface area contributed by atoms with Gasteiger partial charge in [-0.3, -0.25) is 14.4 Å². The number of amides is 1. The van der Waals surface area contributed by atoms with Gasteiger partial charge in [0.05, 0.1) is 29.1 Å². The number of aromatic nitrogens is 1. The summed E-state index contributed by atoms with van der Waals surface area (Å²) in [5.74, 6) is 0.0157. The molecule has 1 amide bonds. The molecule has 0 atom stereocenters. The first-order valence-corrected chi connectivity index (χ1v) is 11.5. The van der Waals surface area contributed by atoms with Crippen molar-refractivity contribution in [3.05, 3.63) is 45.9 Å². The Morgan fingerprint density at radius 3 is 2.56 bits per heavy atom. The zero-order valence-electron chi connectivity index (χ0n) is 15.5. The van der Waals surface area contributed by atoms with E-state index in [1.165, 1.54) is 0 Å². The summed E-state index contributed by atoms with van der Waals surface area (Å²) in [5.41, 5.74) is 2.23. The lowest BCUT2D eigenvalue weighted by Crippen LogP contribution is -2.48. The molecule has 0 bridgehead atoms. The van der Waals surface area contributed by atoms with E-state index in [-0.39, 0.29) is 12.3 Å². The molecule has 1 fully saturated rings. The second kappa shape index (κ2) is 8.37. The smallest absolute Gasteiger partial charge is 0.229 e. The Labute approximate surface area is 164 Å². The van der Waals surface area contributed by atoms with E-state index in [1.54, 1.807) is 29.5 Å². The minimum Gasteiger partial charge on any atom is -0.340 e. The number of rotatable bonds is 6. The van der Waals surface area contributed by atoms with E-state index in [2.05, 4.69) is 20.0 Å². The predicted molar refractivity (Wildman–Crippen MR) is 107 cm³/mol. The van der Waals surface area contributed by atoms with E-state index < -0.39 is 10.0 Å². The molecule has 7 nitrogen and oxygen atoms in total. The highest BCUT2D eigenvalue weighted by atomic mass is 32.2. The van der Waals surface area contributed by atoms with Crippen LogP contribution in [-0.4, -0.2) is 61.5 Å². The summed E-state index contributed by atoms with van der Waals surface area (Å²) in [5, 5.41) is 3.15. The van der Waals surface area contributed by atoms with Gasteiger partial charge in [-0.15, -0.1) is 11.3 Å². The first-order chi connectivity index (χ1) is 12.8. The predicted octanol–water partition coefficient (Wildman–Crippen LogP) is 1.71. The molecule has 1 N–H and O–H groups in total. The van der Waals surface area contributed by atoms with Crippen LogP contribution in [0.25, 0.3) is 0 Å². The van der Waals surface area contributed by atoms with Crippen LogP contribution in [0.2, 0.25) is 0 Å². The number of thiazole rings is 1. The lowest BCUT2D eigenvalue weighted by Gasteiger charge is -2.34. The Hall–Kier alpha value is -1.97. The third kappa shape index (κ3) is 5.75. The Bertz CT molecular complexity index is 903. The van der Waals surface area contributed by atoms with Crippen molar-refractivity contribution in [1.29, 1.82) is 0 Å².